The van der Waals surface area contributed by atoms with E-state index in [2.05, 4.69) is 0 Å². The van der Waals surface area contributed by atoms with Gasteiger partial charge in [-0.2, -0.15) is 0 Å². The second-order valence-electron chi connectivity index (χ2n) is 5.63. The molecule has 0 spiro atoms. The van der Waals surface area contributed by atoms with E-state index in [9.17, 15) is 8.42 Å². The zero-order valence-electron chi connectivity index (χ0n) is 13.2. The summed E-state index contributed by atoms with van der Waals surface area (Å²) in [7, 11) is -1.79. The van der Waals surface area contributed by atoms with Crippen molar-refractivity contribution in [2.24, 2.45) is 0 Å². The first-order chi connectivity index (χ1) is 11.0. The number of hydrogen-bond donors (Lipinski definition) is 0. The van der Waals surface area contributed by atoms with Gasteiger partial charge in [0.2, 0.25) is 16.8 Å². The van der Waals surface area contributed by atoms with Gasteiger partial charge in [0.05, 0.1) is 5.75 Å². The molecule has 2 aromatic rings. The Balaban J connectivity index is 1.74. The predicted octanol–water partition coefficient (Wildman–Crippen LogP) is 2.69. The van der Waals surface area contributed by atoms with Gasteiger partial charge in [-0.15, -0.1) is 0 Å². The number of ether oxygens (including phenoxy) is 2. The minimum atomic E-state index is -3.39. The summed E-state index contributed by atoms with van der Waals surface area (Å²) in [5.74, 6) is 1.35. The van der Waals surface area contributed by atoms with Crippen LogP contribution in [0.2, 0.25) is 0 Å². The Kier molecular flexibility index (Phi) is 4.28. The molecule has 0 atom stereocenters. The molecule has 0 fully saturated rings. The summed E-state index contributed by atoms with van der Waals surface area (Å²) in [6, 6.07) is 13.0. The van der Waals surface area contributed by atoms with Crippen LogP contribution in [0.15, 0.2) is 42.5 Å². The largest absolute Gasteiger partial charge is 0.454 e. The monoisotopic (exact) mass is 333 g/mol. The normalized spacial score (nSPS) is 13.5. The fourth-order valence-electron chi connectivity index (χ4n) is 2.47. The lowest BCUT2D eigenvalue weighted by atomic mass is 10.1. The van der Waals surface area contributed by atoms with E-state index in [1.165, 1.54) is 4.31 Å². The number of aryl methyl sites for hydroxylation is 1. The third-order valence-electron chi connectivity index (χ3n) is 3.92. The van der Waals surface area contributed by atoms with Crippen LogP contribution in [0.4, 0.5) is 0 Å². The van der Waals surface area contributed by atoms with Crippen molar-refractivity contribution >= 4 is 10.0 Å². The molecule has 2 aromatic carbocycles. The van der Waals surface area contributed by atoms with E-state index in [-0.39, 0.29) is 12.5 Å². The smallest absolute Gasteiger partial charge is 0.231 e. The molecule has 0 amide bonds. The first-order valence-electron chi connectivity index (χ1n) is 7.33. The first kappa shape index (κ1) is 15.8. The zero-order chi connectivity index (χ0) is 16.4. The van der Waals surface area contributed by atoms with Gasteiger partial charge in [-0.25, -0.2) is 12.7 Å². The third-order valence-corrected chi connectivity index (χ3v) is 5.67. The van der Waals surface area contributed by atoms with Crippen molar-refractivity contribution in [1.29, 1.82) is 0 Å². The zero-order valence-corrected chi connectivity index (χ0v) is 14.0. The highest BCUT2D eigenvalue weighted by atomic mass is 32.2. The molecule has 1 heterocycles. The van der Waals surface area contributed by atoms with E-state index in [4.69, 9.17) is 9.47 Å². The molecule has 23 heavy (non-hydrogen) atoms. The summed E-state index contributed by atoms with van der Waals surface area (Å²) in [6.07, 6.45) is 0. The van der Waals surface area contributed by atoms with Crippen molar-refractivity contribution in [3.8, 4) is 11.5 Å². The molecule has 0 radical (unpaired) electrons. The van der Waals surface area contributed by atoms with Crippen LogP contribution in [0, 0.1) is 6.92 Å². The van der Waals surface area contributed by atoms with Crippen LogP contribution in [-0.4, -0.2) is 26.6 Å². The maximum absolute atomic E-state index is 12.6. The lowest BCUT2D eigenvalue weighted by molar-refractivity contribution is 0.174. The molecule has 0 aromatic heterocycles. The third kappa shape index (κ3) is 3.48. The van der Waals surface area contributed by atoms with E-state index in [1.807, 2.05) is 43.3 Å². The van der Waals surface area contributed by atoms with Gasteiger partial charge in [0.1, 0.15) is 0 Å². The van der Waals surface area contributed by atoms with E-state index < -0.39 is 10.0 Å². The summed E-state index contributed by atoms with van der Waals surface area (Å²) in [6.45, 7) is 2.42. The number of hydrogen-bond acceptors (Lipinski definition) is 4. The molecule has 5 nitrogen and oxygen atoms in total. The molecular weight excluding hydrogens is 314 g/mol. The number of rotatable bonds is 5. The maximum Gasteiger partial charge on any atom is 0.231 e. The van der Waals surface area contributed by atoms with Crippen molar-refractivity contribution in [2.45, 2.75) is 19.2 Å². The average molecular weight is 333 g/mol. The highest BCUT2D eigenvalue weighted by molar-refractivity contribution is 7.88. The van der Waals surface area contributed by atoms with Crippen molar-refractivity contribution in [3.05, 3.63) is 59.2 Å². The summed E-state index contributed by atoms with van der Waals surface area (Å²) in [5.41, 5.74) is 2.67. The van der Waals surface area contributed by atoms with Gasteiger partial charge in [-0.05, 0) is 35.7 Å². The molecule has 0 aliphatic carbocycles. The second-order valence-corrected chi connectivity index (χ2v) is 7.70. The van der Waals surface area contributed by atoms with E-state index >= 15 is 0 Å². The molecule has 0 saturated carbocycles. The van der Waals surface area contributed by atoms with Gasteiger partial charge in [-0.3, -0.25) is 0 Å². The molecule has 0 unspecified atom stereocenters. The van der Waals surface area contributed by atoms with Crippen molar-refractivity contribution in [1.82, 2.24) is 4.31 Å². The fourth-order valence-corrected chi connectivity index (χ4v) is 3.76. The molecule has 0 saturated heterocycles. The lowest BCUT2D eigenvalue weighted by Gasteiger charge is -2.18. The van der Waals surface area contributed by atoms with Gasteiger partial charge < -0.3 is 9.47 Å². The van der Waals surface area contributed by atoms with Gasteiger partial charge in [0.15, 0.2) is 11.5 Å². The Hall–Kier alpha value is -2.05. The molecule has 122 valence electrons. The predicted molar refractivity (Wildman–Crippen MR) is 87.8 cm³/mol. The van der Waals surface area contributed by atoms with Crippen molar-refractivity contribution in [2.75, 3.05) is 13.8 Å². The number of fused-ring (bicyclic) bond motifs is 1. The van der Waals surface area contributed by atoms with Crippen molar-refractivity contribution in [3.63, 3.8) is 0 Å². The molecule has 1 aliphatic heterocycles. The van der Waals surface area contributed by atoms with Crippen LogP contribution in [0.5, 0.6) is 11.5 Å². The van der Waals surface area contributed by atoms with E-state index in [0.29, 0.717) is 18.0 Å². The molecule has 3 rings (SSSR count). The Morgan fingerprint density at radius 1 is 1.09 bits per heavy atom. The highest BCUT2D eigenvalue weighted by Gasteiger charge is 2.21. The number of nitrogens with zero attached hydrogens (tertiary/aromatic N) is 1. The standard InChI is InChI=1S/C17H19NO4S/c1-13-5-3-4-6-15(13)11-23(19,20)18(2)10-14-7-8-16-17(9-14)22-12-21-16/h3-9H,10-12H2,1-2H3. The first-order valence-corrected chi connectivity index (χ1v) is 8.94. The van der Waals surface area contributed by atoms with Gasteiger partial charge in [-0.1, -0.05) is 30.3 Å². The summed E-state index contributed by atoms with van der Waals surface area (Å²) < 4.78 is 37.1. The van der Waals surface area contributed by atoms with Crippen LogP contribution >= 0.6 is 0 Å². The molecule has 0 N–H and O–H groups in total. The van der Waals surface area contributed by atoms with E-state index in [0.717, 1.165) is 16.7 Å². The van der Waals surface area contributed by atoms with Gasteiger partial charge >= 0.3 is 0 Å². The molecular formula is C17H19NO4S. The van der Waals surface area contributed by atoms with Crippen LogP contribution in [0.25, 0.3) is 0 Å². The fraction of sp³-hybridized carbons (Fsp3) is 0.294. The minimum Gasteiger partial charge on any atom is -0.454 e. The lowest BCUT2D eigenvalue weighted by Crippen LogP contribution is -2.28. The molecule has 0 bridgehead atoms. The van der Waals surface area contributed by atoms with Crippen LogP contribution < -0.4 is 9.47 Å². The van der Waals surface area contributed by atoms with E-state index in [1.54, 1.807) is 13.1 Å². The number of sulfonamides is 1. The Bertz CT molecular complexity index is 817. The summed E-state index contributed by atoms with van der Waals surface area (Å²) >= 11 is 0. The quantitative estimate of drug-likeness (QED) is 0.844. The Morgan fingerprint density at radius 2 is 1.83 bits per heavy atom. The Labute approximate surface area is 136 Å². The molecule has 6 heteroatoms. The average Bonchev–Trinajstić information content (AvgIpc) is 2.97. The maximum atomic E-state index is 12.6. The minimum absolute atomic E-state index is 0.000719. The number of benzene rings is 2. The van der Waals surface area contributed by atoms with Gasteiger partial charge in [0.25, 0.3) is 0 Å². The molecule has 1 aliphatic rings. The highest BCUT2D eigenvalue weighted by Crippen LogP contribution is 2.33. The second kappa shape index (κ2) is 6.22. The van der Waals surface area contributed by atoms with Crippen LogP contribution in [-0.2, 0) is 22.3 Å². The van der Waals surface area contributed by atoms with Crippen LogP contribution in [0.3, 0.4) is 0 Å². The summed E-state index contributed by atoms with van der Waals surface area (Å²) in [4.78, 5) is 0. The SMILES string of the molecule is Cc1ccccc1CS(=O)(=O)N(C)Cc1ccc2c(c1)OCO2. The van der Waals surface area contributed by atoms with Crippen LogP contribution in [0.1, 0.15) is 16.7 Å². The van der Waals surface area contributed by atoms with Gasteiger partial charge in [0, 0.05) is 13.6 Å². The Morgan fingerprint density at radius 3 is 2.61 bits per heavy atom. The van der Waals surface area contributed by atoms with Crippen molar-refractivity contribution < 1.29 is 17.9 Å². The topological polar surface area (TPSA) is 55.8 Å². The summed E-state index contributed by atoms with van der Waals surface area (Å²) in [5, 5.41) is 0.